The third-order valence-electron chi connectivity index (χ3n) is 2.44. The summed E-state index contributed by atoms with van der Waals surface area (Å²) in [5.41, 5.74) is 1.68. The summed E-state index contributed by atoms with van der Waals surface area (Å²) in [6, 6.07) is 6.09. The van der Waals surface area contributed by atoms with Crippen molar-refractivity contribution in [3.05, 3.63) is 72.6 Å². The van der Waals surface area contributed by atoms with Gasteiger partial charge >= 0.3 is 0 Å². The van der Waals surface area contributed by atoms with Gasteiger partial charge in [-0.25, -0.2) is 8.78 Å². The van der Waals surface area contributed by atoms with E-state index in [0.29, 0.717) is 0 Å². The first-order valence-electron chi connectivity index (χ1n) is 5.90. The van der Waals surface area contributed by atoms with Crippen molar-refractivity contribution >= 4 is 0 Å². The smallest absolute Gasteiger partial charge is 0.123 e. The number of hydrogen-bond acceptors (Lipinski definition) is 1. The van der Waals surface area contributed by atoms with E-state index in [9.17, 15) is 8.78 Å². The molecule has 1 atom stereocenters. The lowest BCUT2D eigenvalue weighted by molar-refractivity contribution is 0.135. The van der Waals surface area contributed by atoms with E-state index in [1.54, 1.807) is 25.3 Å². The lowest BCUT2D eigenvalue weighted by Crippen LogP contribution is -2.03. The Labute approximate surface area is 113 Å². The number of methoxy groups -OCH3 is 1. The maximum absolute atomic E-state index is 12.8. The van der Waals surface area contributed by atoms with Crippen LogP contribution in [0.5, 0.6) is 0 Å². The van der Waals surface area contributed by atoms with E-state index in [1.807, 2.05) is 13.0 Å². The maximum Gasteiger partial charge on any atom is 0.123 e. The van der Waals surface area contributed by atoms with Crippen LogP contribution in [0.2, 0.25) is 0 Å². The van der Waals surface area contributed by atoms with Crippen LogP contribution in [0, 0.1) is 5.82 Å². The molecule has 3 heteroatoms. The summed E-state index contributed by atoms with van der Waals surface area (Å²) < 4.78 is 30.3. The minimum absolute atomic E-state index is 0.287. The van der Waals surface area contributed by atoms with E-state index in [0.717, 1.165) is 11.1 Å². The quantitative estimate of drug-likeness (QED) is 0.550. The summed E-state index contributed by atoms with van der Waals surface area (Å²) >= 11 is 0. The fourth-order valence-corrected chi connectivity index (χ4v) is 1.62. The third-order valence-corrected chi connectivity index (χ3v) is 2.44. The van der Waals surface area contributed by atoms with E-state index in [4.69, 9.17) is 4.74 Å². The van der Waals surface area contributed by atoms with Gasteiger partial charge in [-0.05, 0) is 30.2 Å². The molecule has 0 aliphatic rings. The number of benzene rings is 1. The van der Waals surface area contributed by atoms with Gasteiger partial charge in [0, 0.05) is 7.11 Å². The third kappa shape index (κ3) is 5.62. The van der Waals surface area contributed by atoms with Crippen molar-refractivity contribution in [1.29, 1.82) is 0 Å². The molecule has 1 aromatic rings. The van der Waals surface area contributed by atoms with Gasteiger partial charge in [-0.1, -0.05) is 30.4 Å². The predicted molar refractivity (Wildman–Crippen MR) is 76.3 cm³/mol. The highest BCUT2D eigenvalue weighted by Crippen LogP contribution is 2.26. The van der Waals surface area contributed by atoms with Gasteiger partial charge in [0.05, 0.1) is 0 Å². The lowest BCUT2D eigenvalue weighted by Gasteiger charge is -2.17. The molecule has 104 valence electrons. The second-order valence-corrected chi connectivity index (χ2v) is 3.51. The molecule has 1 nitrogen and oxygen atoms in total. The molecule has 0 spiro atoms. The molecule has 0 aliphatic carbocycles. The molecule has 19 heavy (non-hydrogen) atoms. The summed E-state index contributed by atoms with van der Waals surface area (Å²) in [6.45, 7) is 7.34. The van der Waals surface area contributed by atoms with Crippen LogP contribution in [-0.4, -0.2) is 13.8 Å². The highest BCUT2D eigenvalue weighted by Gasteiger charge is 2.13. The number of rotatable bonds is 5. The zero-order valence-electron chi connectivity index (χ0n) is 11.4. The van der Waals surface area contributed by atoms with Crippen molar-refractivity contribution in [2.24, 2.45) is 0 Å². The Balaban J connectivity index is 0.00000154. The summed E-state index contributed by atoms with van der Waals surface area (Å²) in [6.07, 6.45) is 4.65. The first kappa shape index (κ1) is 17.3. The molecule has 1 unspecified atom stereocenters. The maximum atomic E-state index is 12.8. The zero-order valence-corrected chi connectivity index (χ0v) is 11.4. The van der Waals surface area contributed by atoms with Gasteiger partial charge in [0.1, 0.15) is 18.6 Å². The Kier molecular flexibility index (Phi) is 9.27. The van der Waals surface area contributed by atoms with Crippen molar-refractivity contribution in [2.45, 2.75) is 13.0 Å². The zero-order chi connectivity index (χ0) is 14.7. The van der Waals surface area contributed by atoms with Gasteiger partial charge in [0.2, 0.25) is 0 Å². The number of allylic oxidation sites excluding steroid dienone is 2. The molecule has 0 radical (unpaired) electrons. The summed E-state index contributed by atoms with van der Waals surface area (Å²) in [5, 5.41) is 0. The Morgan fingerprint density at radius 2 is 1.89 bits per heavy atom. The lowest BCUT2D eigenvalue weighted by atomic mass is 10.0. The normalized spacial score (nSPS) is 12.9. The van der Waals surface area contributed by atoms with Crippen LogP contribution in [0.15, 0.2) is 61.2 Å². The molecule has 0 saturated carbocycles. The average molecular weight is 266 g/mol. The van der Waals surface area contributed by atoms with Gasteiger partial charge in [-0.3, -0.25) is 0 Å². The van der Waals surface area contributed by atoms with Crippen LogP contribution >= 0.6 is 0 Å². The summed E-state index contributed by atoms with van der Waals surface area (Å²) in [4.78, 5) is 0. The van der Waals surface area contributed by atoms with Crippen LogP contribution in [0.4, 0.5) is 8.78 Å². The molecule has 0 amide bonds. The number of alkyl halides is 1. The van der Waals surface area contributed by atoms with E-state index < -0.39 is 6.67 Å². The van der Waals surface area contributed by atoms with Gasteiger partial charge in [0.25, 0.3) is 0 Å². The van der Waals surface area contributed by atoms with Crippen LogP contribution in [0.1, 0.15) is 18.6 Å². The van der Waals surface area contributed by atoms with Crippen LogP contribution < -0.4 is 0 Å². The van der Waals surface area contributed by atoms with Crippen LogP contribution in [-0.2, 0) is 4.74 Å². The van der Waals surface area contributed by atoms with Crippen molar-refractivity contribution in [3.8, 4) is 0 Å². The van der Waals surface area contributed by atoms with Crippen LogP contribution in [0.25, 0.3) is 0 Å². The van der Waals surface area contributed by atoms with Gasteiger partial charge in [0.15, 0.2) is 0 Å². The molecule has 0 N–H and O–H groups in total. The molecule has 1 rings (SSSR count). The molecular weight excluding hydrogens is 246 g/mol. The van der Waals surface area contributed by atoms with Crippen LogP contribution in [0.3, 0.4) is 0 Å². The van der Waals surface area contributed by atoms with Crippen molar-refractivity contribution < 1.29 is 13.5 Å². The first-order valence-corrected chi connectivity index (χ1v) is 5.90. The Bertz CT molecular complexity index is 407. The molecule has 0 bridgehead atoms. The summed E-state index contributed by atoms with van der Waals surface area (Å²) in [5.74, 6) is -0.287. The number of halogens is 2. The van der Waals surface area contributed by atoms with Gasteiger partial charge in [-0.15, -0.1) is 13.2 Å². The van der Waals surface area contributed by atoms with Crippen molar-refractivity contribution in [1.82, 2.24) is 0 Å². The standard InChI is InChI=1S/C14H16F2O.C2H4/c1-3-11(5-4-10-15)14(17-2)12-6-8-13(16)9-7-12;1-2/h3-9,14H,10H2,1-2H3;1-2H2/b5-4-,11-3+;. The Morgan fingerprint density at radius 1 is 1.32 bits per heavy atom. The molecule has 0 fully saturated rings. The Hall–Kier alpha value is -1.74. The fourth-order valence-electron chi connectivity index (χ4n) is 1.62. The highest BCUT2D eigenvalue weighted by atomic mass is 19.1. The summed E-state index contributed by atoms with van der Waals surface area (Å²) in [7, 11) is 1.57. The second kappa shape index (κ2) is 10.2. The molecular formula is C16H20F2O. The minimum Gasteiger partial charge on any atom is -0.372 e. The first-order chi connectivity index (χ1) is 9.22. The predicted octanol–water partition coefficient (Wildman–Crippen LogP) is 4.79. The SMILES string of the molecule is C/C=C(\C=C/CF)C(OC)c1ccc(F)cc1.C=C. The largest absolute Gasteiger partial charge is 0.372 e. The number of ether oxygens (including phenoxy) is 1. The topological polar surface area (TPSA) is 9.23 Å². The van der Waals surface area contributed by atoms with Gasteiger partial charge < -0.3 is 4.74 Å². The molecule has 0 heterocycles. The molecule has 0 aliphatic heterocycles. The molecule has 0 saturated heterocycles. The highest BCUT2D eigenvalue weighted by molar-refractivity contribution is 5.32. The van der Waals surface area contributed by atoms with Crippen molar-refractivity contribution in [3.63, 3.8) is 0 Å². The molecule has 1 aromatic carbocycles. The fraction of sp³-hybridized carbons (Fsp3) is 0.250. The average Bonchev–Trinajstić information content (AvgIpc) is 2.47. The number of hydrogen-bond donors (Lipinski definition) is 0. The van der Waals surface area contributed by atoms with Crippen molar-refractivity contribution in [2.75, 3.05) is 13.8 Å². The van der Waals surface area contributed by atoms with E-state index in [2.05, 4.69) is 13.2 Å². The molecule has 0 aromatic heterocycles. The van der Waals surface area contributed by atoms with E-state index in [-0.39, 0.29) is 11.9 Å². The second-order valence-electron chi connectivity index (χ2n) is 3.51. The minimum atomic E-state index is -0.517. The van der Waals surface area contributed by atoms with E-state index >= 15 is 0 Å². The van der Waals surface area contributed by atoms with Gasteiger partial charge in [-0.2, -0.15) is 0 Å². The Morgan fingerprint density at radius 3 is 2.32 bits per heavy atom. The monoisotopic (exact) mass is 266 g/mol. The van der Waals surface area contributed by atoms with E-state index in [1.165, 1.54) is 18.2 Å².